The van der Waals surface area contributed by atoms with Gasteiger partial charge in [-0.25, -0.2) is 4.39 Å². The Morgan fingerprint density at radius 2 is 2.00 bits per heavy atom. The highest BCUT2D eigenvalue weighted by atomic mass is 32.1. The Labute approximate surface area is 124 Å². The summed E-state index contributed by atoms with van der Waals surface area (Å²) >= 11 is 1.04. The first-order valence-corrected chi connectivity index (χ1v) is 6.93. The Morgan fingerprint density at radius 1 is 1.33 bits per heavy atom. The summed E-state index contributed by atoms with van der Waals surface area (Å²) in [6.07, 6.45) is 0. The van der Waals surface area contributed by atoms with Crippen LogP contribution in [0.4, 0.5) is 15.1 Å². The van der Waals surface area contributed by atoms with Crippen LogP contribution in [0.2, 0.25) is 0 Å². The molecule has 1 aromatic carbocycles. The number of carbonyl (C=O) groups excluding carboxylic acids is 2. The number of anilines is 2. The zero-order valence-corrected chi connectivity index (χ0v) is 12.1. The van der Waals surface area contributed by atoms with Crippen molar-refractivity contribution in [2.24, 2.45) is 5.73 Å². The van der Waals surface area contributed by atoms with Crippen LogP contribution >= 0.6 is 11.3 Å². The van der Waals surface area contributed by atoms with Gasteiger partial charge in [0, 0.05) is 19.0 Å². The van der Waals surface area contributed by atoms with E-state index >= 15 is 0 Å². The van der Waals surface area contributed by atoms with Gasteiger partial charge < -0.3 is 16.8 Å². The predicted molar refractivity (Wildman–Crippen MR) is 81.0 cm³/mol. The molecule has 1 amide bonds. The van der Waals surface area contributed by atoms with Gasteiger partial charge >= 0.3 is 0 Å². The van der Waals surface area contributed by atoms with Crippen molar-refractivity contribution in [1.82, 2.24) is 0 Å². The van der Waals surface area contributed by atoms with Gasteiger partial charge in [-0.3, -0.25) is 9.59 Å². The number of hydrogen-bond acceptors (Lipinski definition) is 5. The molecule has 1 aromatic heterocycles. The highest BCUT2D eigenvalue weighted by molar-refractivity contribution is 7.19. The fourth-order valence-electron chi connectivity index (χ4n) is 1.89. The molecule has 2 rings (SSSR count). The summed E-state index contributed by atoms with van der Waals surface area (Å²) in [5.74, 6) is -1.34. The summed E-state index contributed by atoms with van der Waals surface area (Å²) in [6, 6.07) is 6.26. The number of rotatable bonds is 5. The molecule has 0 aliphatic rings. The lowest BCUT2D eigenvalue weighted by atomic mass is 10.2. The van der Waals surface area contributed by atoms with Crippen LogP contribution in [0.1, 0.15) is 32.5 Å². The number of halogens is 1. The van der Waals surface area contributed by atoms with E-state index in [4.69, 9.17) is 11.5 Å². The second kappa shape index (κ2) is 5.92. The summed E-state index contributed by atoms with van der Waals surface area (Å²) in [5, 5.41) is 3.28. The Hall–Kier alpha value is -2.41. The summed E-state index contributed by atoms with van der Waals surface area (Å²) in [7, 11) is 0. The molecule has 110 valence electrons. The van der Waals surface area contributed by atoms with Gasteiger partial charge in [-0.15, -0.1) is 11.3 Å². The van der Waals surface area contributed by atoms with Crippen LogP contribution in [0.25, 0.3) is 0 Å². The summed E-state index contributed by atoms with van der Waals surface area (Å²) in [6.45, 7) is 1.51. The predicted octanol–water partition coefficient (Wildman–Crippen LogP) is 2.38. The molecular weight excluding hydrogens is 293 g/mol. The Morgan fingerprint density at radius 3 is 2.57 bits per heavy atom. The third-order valence-corrected chi connectivity index (χ3v) is 4.17. The Balaban J connectivity index is 2.32. The van der Waals surface area contributed by atoms with Crippen LogP contribution in [0.3, 0.4) is 0 Å². The number of amides is 1. The van der Waals surface area contributed by atoms with Gasteiger partial charge in [0.15, 0.2) is 5.78 Å². The molecule has 0 spiro atoms. The van der Waals surface area contributed by atoms with Crippen molar-refractivity contribution < 1.29 is 14.0 Å². The van der Waals surface area contributed by atoms with E-state index in [-0.39, 0.29) is 34.3 Å². The number of hydrogen-bond donors (Lipinski definition) is 3. The monoisotopic (exact) mass is 307 g/mol. The van der Waals surface area contributed by atoms with E-state index in [0.717, 1.165) is 11.3 Å². The lowest BCUT2D eigenvalue weighted by molar-refractivity contribution is 0.100. The molecule has 0 aliphatic heterocycles. The smallest absolute Gasteiger partial charge is 0.253 e. The molecule has 0 unspecified atom stereocenters. The first kappa shape index (κ1) is 15.0. The second-order valence-electron chi connectivity index (χ2n) is 4.41. The van der Waals surface area contributed by atoms with Crippen LogP contribution in [-0.4, -0.2) is 11.7 Å². The van der Waals surface area contributed by atoms with Gasteiger partial charge in [0.1, 0.15) is 10.8 Å². The van der Waals surface area contributed by atoms with Crippen LogP contribution in [-0.2, 0) is 6.54 Å². The summed E-state index contributed by atoms with van der Waals surface area (Å²) < 4.78 is 13.6. The van der Waals surface area contributed by atoms with Gasteiger partial charge in [-0.05, 0) is 6.07 Å². The van der Waals surface area contributed by atoms with Gasteiger partial charge in [0.05, 0.1) is 16.1 Å². The van der Waals surface area contributed by atoms with E-state index in [0.29, 0.717) is 10.6 Å². The third-order valence-electron chi connectivity index (χ3n) is 2.91. The van der Waals surface area contributed by atoms with E-state index in [1.54, 1.807) is 18.2 Å². The number of primary amides is 1. The zero-order valence-electron chi connectivity index (χ0n) is 11.3. The Bertz CT molecular complexity index is 712. The average Bonchev–Trinajstić information content (AvgIpc) is 2.75. The Kier molecular flexibility index (Phi) is 4.23. The molecule has 5 nitrogen and oxygen atoms in total. The van der Waals surface area contributed by atoms with E-state index in [2.05, 4.69) is 5.32 Å². The van der Waals surface area contributed by atoms with Crippen molar-refractivity contribution >= 4 is 33.7 Å². The topological polar surface area (TPSA) is 98.2 Å². The van der Waals surface area contributed by atoms with Crippen molar-refractivity contribution in [1.29, 1.82) is 0 Å². The number of benzene rings is 1. The number of nitrogens with one attached hydrogen (secondary N) is 1. The molecule has 7 heteroatoms. The van der Waals surface area contributed by atoms with Crippen molar-refractivity contribution in [3.05, 3.63) is 46.1 Å². The second-order valence-corrected chi connectivity index (χ2v) is 5.44. The maximum absolute atomic E-state index is 13.6. The minimum absolute atomic E-state index is 0.0658. The van der Waals surface area contributed by atoms with Crippen LogP contribution < -0.4 is 16.8 Å². The number of ketones is 1. The SMILES string of the molecule is CC(=O)c1sc(NCc2ccccc2F)c(C(N)=O)c1N. The number of carbonyl (C=O) groups is 2. The minimum atomic E-state index is -0.729. The first-order valence-electron chi connectivity index (χ1n) is 6.12. The molecule has 0 fully saturated rings. The molecule has 0 saturated heterocycles. The zero-order chi connectivity index (χ0) is 15.6. The fourth-order valence-corrected chi connectivity index (χ4v) is 2.91. The van der Waals surface area contributed by atoms with Crippen molar-refractivity contribution in [3.63, 3.8) is 0 Å². The minimum Gasteiger partial charge on any atom is -0.397 e. The number of Topliss-reactive ketones (excluding diaryl/α,β-unsaturated/α-hetero) is 1. The number of thiophene rings is 1. The molecule has 2 aromatic rings. The summed E-state index contributed by atoms with van der Waals surface area (Å²) in [4.78, 5) is 23.2. The standard InChI is InChI=1S/C14H14FN3O2S/c1-7(19)12-11(16)10(13(17)20)14(21-12)18-6-8-4-2-3-5-9(8)15/h2-5,18H,6,16H2,1H3,(H2,17,20). The van der Waals surface area contributed by atoms with Gasteiger partial charge in [-0.2, -0.15) is 0 Å². The highest BCUT2D eigenvalue weighted by Gasteiger charge is 2.22. The van der Waals surface area contributed by atoms with Crippen molar-refractivity contribution in [2.45, 2.75) is 13.5 Å². The molecule has 0 bridgehead atoms. The lowest BCUT2D eigenvalue weighted by Gasteiger charge is -2.07. The molecule has 0 radical (unpaired) electrons. The van der Waals surface area contributed by atoms with Crippen LogP contribution in [0, 0.1) is 5.82 Å². The van der Waals surface area contributed by atoms with Gasteiger partial charge in [0.2, 0.25) is 0 Å². The summed E-state index contributed by atoms with van der Waals surface area (Å²) in [5.41, 5.74) is 11.6. The van der Waals surface area contributed by atoms with E-state index in [9.17, 15) is 14.0 Å². The van der Waals surface area contributed by atoms with Crippen LogP contribution in [0.15, 0.2) is 24.3 Å². The molecule has 0 atom stereocenters. The first-order chi connectivity index (χ1) is 9.91. The van der Waals surface area contributed by atoms with Gasteiger partial charge in [-0.1, -0.05) is 18.2 Å². The van der Waals surface area contributed by atoms with E-state index < -0.39 is 5.91 Å². The third kappa shape index (κ3) is 3.03. The largest absolute Gasteiger partial charge is 0.397 e. The molecule has 0 aliphatic carbocycles. The van der Waals surface area contributed by atoms with Crippen molar-refractivity contribution in [3.8, 4) is 0 Å². The van der Waals surface area contributed by atoms with E-state index in [1.807, 2.05) is 0 Å². The number of nitrogen functional groups attached to an aromatic ring is 1. The normalized spacial score (nSPS) is 10.4. The maximum atomic E-state index is 13.6. The fraction of sp³-hybridized carbons (Fsp3) is 0.143. The molecular formula is C14H14FN3O2S. The number of nitrogens with two attached hydrogens (primary N) is 2. The molecule has 0 saturated carbocycles. The molecule has 1 heterocycles. The quantitative estimate of drug-likeness (QED) is 0.739. The molecule has 5 N–H and O–H groups in total. The van der Waals surface area contributed by atoms with Gasteiger partial charge in [0.25, 0.3) is 5.91 Å². The van der Waals surface area contributed by atoms with Crippen molar-refractivity contribution in [2.75, 3.05) is 11.1 Å². The maximum Gasteiger partial charge on any atom is 0.253 e. The lowest BCUT2D eigenvalue weighted by Crippen LogP contribution is -2.15. The van der Waals surface area contributed by atoms with Crippen LogP contribution in [0.5, 0.6) is 0 Å². The molecule has 21 heavy (non-hydrogen) atoms. The average molecular weight is 307 g/mol. The van der Waals surface area contributed by atoms with E-state index in [1.165, 1.54) is 13.0 Å². The highest BCUT2D eigenvalue weighted by Crippen LogP contribution is 2.36.